The van der Waals surface area contributed by atoms with E-state index in [0.717, 1.165) is 18.4 Å². The minimum atomic E-state index is -0.347. The monoisotopic (exact) mass is 305 g/mol. The van der Waals surface area contributed by atoms with Crippen molar-refractivity contribution in [3.05, 3.63) is 53.6 Å². The van der Waals surface area contributed by atoms with Crippen molar-refractivity contribution in [3.8, 4) is 11.5 Å². The number of aryl methyl sites for hydroxylation is 1. The van der Waals surface area contributed by atoms with Gasteiger partial charge in [-0.05, 0) is 48.7 Å². The van der Waals surface area contributed by atoms with Crippen molar-refractivity contribution in [3.63, 3.8) is 0 Å². The molecule has 0 unspecified atom stereocenters. The molecular formula is C16H16ClNO3. The van der Waals surface area contributed by atoms with Crippen molar-refractivity contribution >= 4 is 23.2 Å². The molecule has 0 radical (unpaired) electrons. The minimum absolute atomic E-state index is 0.255. The number of hydrogen-bond acceptors (Lipinski definition) is 3. The van der Waals surface area contributed by atoms with Crippen LogP contribution in [0.3, 0.4) is 0 Å². The average molecular weight is 306 g/mol. The fourth-order valence-electron chi connectivity index (χ4n) is 1.94. The normalized spacial score (nSPS) is 10.3. The van der Waals surface area contributed by atoms with Gasteiger partial charge in [-0.2, -0.15) is 0 Å². The predicted octanol–water partition coefficient (Wildman–Crippen LogP) is 3.52. The SMILES string of the molecule is O=C(Nc1cccc(CCCCl)c1)c1ccc(O)c(O)c1. The smallest absolute Gasteiger partial charge is 0.255 e. The fraction of sp³-hybridized carbons (Fsp3) is 0.188. The first-order valence-electron chi connectivity index (χ1n) is 6.58. The van der Waals surface area contributed by atoms with Gasteiger partial charge in [-0.3, -0.25) is 4.79 Å². The van der Waals surface area contributed by atoms with E-state index in [0.29, 0.717) is 11.6 Å². The van der Waals surface area contributed by atoms with E-state index in [1.165, 1.54) is 18.2 Å². The molecular weight excluding hydrogens is 290 g/mol. The number of alkyl halides is 1. The van der Waals surface area contributed by atoms with Crippen LogP contribution in [0, 0.1) is 0 Å². The molecule has 0 atom stereocenters. The van der Waals surface area contributed by atoms with Gasteiger partial charge in [0.25, 0.3) is 5.91 Å². The van der Waals surface area contributed by atoms with E-state index in [1.807, 2.05) is 18.2 Å². The molecule has 0 aliphatic carbocycles. The summed E-state index contributed by atoms with van der Waals surface area (Å²) in [6.07, 6.45) is 1.73. The maximum Gasteiger partial charge on any atom is 0.255 e. The minimum Gasteiger partial charge on any atom is -0.504 e. The van der Waals surface area contributed by atoms with E-state index in [-0.39, 0.29) is 23.0 Å². The van der Waals surface area contributed by atoms with Gasteiger partial charge in [0.2, 0.25) is 0 Å². The van der Waals surface area contributed by atoms with Crippen LogP contribution in [0.25, 0.3) is 0 Å². The van der Waals surface area contributed by atoms with E-state index < -0.39 is 0 Å². The predicted molar refractivity (Wildman–Crippen MR) is 83.2 cm³/mol. The molecule has 3 N–H and O–H groups in total. The molecule has 5 heteroatoms. The zero-order chi connectivity index (χ0) is 15.2. The number of phenols is 2. The summed E-state index contributed by atoms with van der Waals surface area (Å²) in [5.41, 5.74) is 2.05. The highest BCUT2D eigenvalue weighted by molar-refractivity contribution is 6.17. The standard InChI is InChI=1S/C16H16ClNO3/c17-8-2-4-11-3-1-5-13(9-11)18-16(21)12-6-7-14(19)15(20)10-12/h1,3,5-7,9-10,19-20H,2,4,8H2,(H,18,21). The lowest BCUT2D eigenvalue weighted by molar-refractivity contribution is 0.102. The summed E-state index contributed by atoms with van der Waals surface area (Å²) in [5, 5.41) is 21.4. The second kappa shape index (κ2) is 6.99. The maximum absolute atomic E-state index is 12.1. The lowest BCUT2D eigenvalue weighted by atomic mass is 10.1. The first kappa shape index (κ1) is 15.2. The second-order valence-electron chi connectivity index (χ2n) is 4.65. The van der Waals surface area contributed by atoms with E-state index in [4.69, 9.17) is 11.6 Å². The van der Waals surface area contributed by atoms with Gasteiger partial charge >= 0.3 is 0 Å². The third-order valence-electron chi connectivity index (χ3n) is 3.02. The fourth-order valence-corrected chi connectivity index (χ4v) is 2.08. The second-order valence-corrected chi connectivity index (χ2v) is 5.03. The van der Waals surface area contributed by atoms with Crippen LogP contribution in [0.15, 0.2) is 42.5 Å². The largest absolute Gasteiger partial charge is 0.504 e. The number of anilines is 1. The van der Waals surface area contributed by atoms with E-state index in [2.05, 4.69) is 5.32 Å². The summed E-state index contributed by atoms with van der Waals surface area (Å²) < 4.78 is 0. The lowest BCUT2D eigenvalue weighted by Gasteiger charge is -2.08. The molecule has 2 aromatic rings. The van der Waals surface area contributed by atoms with Gasteiger partial charge in [0, 0.05) is 17.1 Å². The number of phenolic OH excluding ortho intramolecular Hbond substituents is 2. The van der Waals surface area contributed by atoms with Gasteiger partial charge in [0.05, 0.1) is 0 Å². The van der Waals surface area contributed by atoms with Gasteiger partial charge < -0.3 is 15.5 Å². The third-order valence-corrected chi connectivity index (χ3v) is 3.29. The first-order valence-corrected chi connectivity index (χ1v) is 7.12. The molecule has 2 rings (SSSR count). The number of halogens is 1. The Hall–Kier alpha value is -2.20. The molecule has 0 saturated carbocycles. The summed E-state index contributed by atoms with van der Waals surface area (Å²) in [7, 11) is 0. The average Bonchev–Trinajstić information content (AvgIpc) is 2.48. The number of carbonyl (C=O) groups is 1. The van der Waals surface area contributed by atoms with Gasteiger partial charge in [0.1, 0.15) is 0 Å². The molecule has 0 aromatic heterocycles. The van der Waals surface area contributed by atoms with Crippen LogP contribution < -0.4 is 5.32 Å². The molecule has 110 valence electrons. The highest BCUT2D eigenvalue weighted by Crippen LogP contribution is 2.25. The highest BCUT2D eigenvalue weighted by atomic mass is 35.5. The van der Waals surface area contributed by atoms with E-state index in [1.54, 1.807) is 6.07 Å². The molecule has 21 heavy (non-hydrogen) atoms. The third kappa shape index (κ3) is 4.13. The Balaban J connectivity index is 2.10. The molecule has 1 amide bonds. The first-order chi connectivity index (χ1) is 10.1. The summed E-state index contributed by atoms with van der Waals surface area (Å²) in [6.45, 7) is 0. The number of carbonyl (C=O) groups excluding carboxylic acids is 1. The highest BCUT2D eigenvalue weighted by Gasteiger charge is 2.09. The quantitative estimate of drug-likeness (QED) is 0.585. The van der Waals surface area contributed by atoms with Gasteiger partial charge in [-0.1, -0.05) is 12.1 Å². The van der Waals surface area contributed by atoms with Crippen LogP contribution in [0.4, 0.5) is 5.69 Å². The topological polar surface area (TPSA) is 69.6 Å². The molecule has 0 bridgehead atoms. The van der Waals surface area contributed by atoms with Crippen LogP contribution >= 0.6 is 11.6 Å². The molecule has 0 heterocycles. The van der Waals surface area contributed by atoms with Crippen molar-refractivity contribution in [1.29, 1.82) is 0 Å². The Morgan fingerprint density at radius 1 is 1.10 bits per heavy atom. The molecule has 2 aromatic carbocycles. The summed E-state index contributed by atoms with van der Waals surface area (Å²) >= 11 is 5.67. The Labute approximate surface area is 128 Å². The number of rotatable bonds is 5. The van der Waals surface area contributed by atoms with Crippen LogP contribution in [0.1, 0.15) is 22.3 Å². The van der Waals surface area contributed by atoms with Gasteiger partial charge in [-0.25, -0.2) is 0 Å². The van der Waals surface area contributed by atoms with E-state index in [9.17, 15) is 15.0 Å². The summed E-state index contributed by atoms with van der Waals surface area (Å²) in [6, 6.07) is 11.5. The Morgan fingerprint density at radius 2 is 1.90 bits per heavy atom. The number of amides is 1. The molecule has 4 nitrogen and oxygen atoms in total. The van der Waals surface area contributed by atoms with Gasteiger partial charge in [0.15, 0.2) is 11.5 Å². The van der Waals surface area contributed by atoms with Crippen molar-refractivity contribution in [2.75, 3.05) is 11.2 Å². The molecule has 0 aliphatic heterocycles. The van der Waals surface area contributed by atoms with Crippen molar-refractivity contribution < 1.29 is 15.0 Å². The van der Waals surface area contributed by atoms with Gasteiger partial charge in [-0.15, -0.1) is 11.6 Å². The van der Waals surface area contributed by atoms with Crippen LogP contribution in [0.5, 0.6) is 11.5 Å². The van der Waals surface area contributed by atoms with E-state index >= 15 is 0 Å². The number of nitrogens with one attached hydrogen (secondary N) is 1. The lowest BCUT2D eigenvalue weighted by Crippen LogP contribution is -2.11. The van der Waals surface area contributed by atoms with Crippen molar-refractivity contribution in [2.24, 2.45) is 0 Å². The zero-order valence-corrected chi connectivity index (χ0v) is 12.1. The Bertz CT molecular complexity index is 643. The van der Waals surface area contributed by atoms with Crippen LogP contribution in [0.2, 0.25) is 0 Å². The molecule has 0 spiro atoms. The maximum atomic E-state index is 12.1. The Morgan fingerprint density at radius 3 is 2.62 bits per heavy atom. The molecule has 0 saturated heterocycles. The summed E-state index contributed by atoms with van der Waals surface area (Å²) in [5.74, 6) is -0.323. The molecule has 0 fully saturated rings. The number of hydrogen-bond donors (Lipinski definition) is 3. The number of aromatic hydroxyl groups is 2. The Kier molecular flexibility index (Phi) is 5.06. The van der Waals surface area contributed by atoms with Crippen molar-refractivity contribution in [2.45, 2.75) is 12.8 Å². The van der Waals surface area contributed by atoms with Crippen LogP contribution in [-0.2, 0) is 6.42 Å². The van der Waals surface area contributed by atoms with Crippen molar-refractivity contribution in [1.82, 2.24) is 0 Å². The summed E-state index contributed by atoms with van der Waals surface area (Å²) in [4.78, 5) is 12.1. The number of benzene rings is 2. The molecule has 0 aliphatic rings. The van der Waals surface area contributed by atoms with Crippen LogP contribution in [-0.4, -0.2) is 22.0 Å². The zero-order valence-electron chi connectivity index (χ0n) is 11.3.